The SMILES string of the molecule is N#CCC(=O)Nc1ccc(S(=O)(=O)O)cc1. The summed E-state index contributed by atoms with van der Waals surface area (Å²) in [6.07, 6.45) is -0.278. The highest BCUT2D eigenvalue weighted by Gasteiger charge is 2.09. The van der Waals surface area contributed by atoms with Gasteiger partial charge in [0.15, 0.2) is 0 Å². The van der Waals surface area contributed by atoms with Crippen LogP contribution in [0.5, 0.6) is 0 Å². The van der Waals surface area contributed by atoms with E-state index in [0.717, 1.165) is 12.1 Å². The Labute approximate surface area is 92.3 Å². The van der Waals surface area contributed by atoms with Crippen molar-refractivity contribution < 1.29 is 17.8 Å². The molecular weight excluding hydrogens is 232 g/mol. The number of carbonyl (C=O) groups is 1. The molecule has 1 aromatic rings. The Kier molecular flexibility index (Phi) is 3.60. The molecule has 7 heteroatoms. The van der Waals surface area contributed by atoms with Crippen LogP contribution >= 0.6 is 0 Å². The molecule has 0 fully saturated rings. The summed E-state index contributed by atoms with van der Waals surface area (Å²) in [6, 6.07) is 6.61. The van der Waals surface area contributed by atoms with Gasteiger partial charge in [-0.05, 0) is 24.3 Å². The van der Waals surface area contributed by atoms with Gasteiger partial charge in [-0.2, -0.15) is 13.7 Å². The summed E-state index contributed by atoms with van der Waals surface area (Å²) in [5, 5.41) is 10.6. The summed E-state index contributed by atoms with van der Waals surface area (Å²) in [4.78, 5) is 10.7. The maximum Gasteiger partial charge on any atom is 0.294 e. The van der Waals surface area contributed by atoms with Gasteiger partial charge in [0.25, 0.3) is 10.1 Å². The van der Waals surface area contributed by atoms with Crippen LogP contribution < -0.4 is 5.32 Å². The number of hydrogen-bond donors (Lipinski definition) is 2. The van der Waals surface area contributed by atoms with Crippen molar-refractivity contribution in [3.63, 3.8) is 0 Å². The molecule has 2 N–H and O–H groups in total. The van der Waals surface area contributed by atoms with E-state index < -0.39 is 16.0 Å². The van der Waals surface area contributed by atoms with Crippen LogP contribution in [-0.4, -0.2) is 18.9 Å². The summed E-state index contributed by atoms with van der Waals surface area (Å²) >= 11 is 0. The molecule has 0 saturated heterocycles. The molecule has 0 unspecified atom stereocenters. The number of rotatable bonds is 3. The molecule has 0 spiro atoms. The normalized spacial score (nSPS) is 10.5. The van der Waals surface area contributed by atoms with Crippen LogP contribution in [0.4, 0.5) is 5.69 Å². The lowest BCUT2D eigenvalue weighted by atomic mass is 10.3. The van der Waals surface area contributed by atoms with Crippen molar-refractivity contribution in [2.75, 3.05) is 5.32 Å². The fourth-order valence-electron chi connectivity index (χ4n) is 0.987. The standard InChI is InChI=1S/C9H8N2O4S/c10-6-5-9(12)11-7-1-3-8(4-2-7)16(13,14)15/h1-4H,5H2,(H,11,12)(H,13,14,15). The third kappa shape index (κ3) is 3.34. The van der Waals surface area contributed by atoms with Gasteiger partial charge >= 0.3 is 0 Å². The van der Waals surface area contributed by atoms with Crippen LogP contribution in [0.1, 0.15) is 6.42 Å². The Hall–Kier alpha value is -1.91. The van der Waals surface area contributed by atoms with Crippen LogP contribution in [0.3, 0.4) is 0 Å². The predicted molar refractivity (Wildman–Crippen MR) is 55.1 cm³/mol. The van der Waals surface area contributed by atoms with Crippen molar-refractivity contribution in [2.24, 2.45) is 0 Å². The van der Waals surface area contributed by atoms with Crippen molar-refractivity contribution in [1.82, 2.24) is 0 Å². The number of anilines is 1. The van der Waals surface area contributed by atoms with Crippen molar-refractivity contribution in [2.45, 2.75) is 11.3 Å². The predicted octanol–water partition coefficient (Wildman–Crippen LogP) is 0.785. The second kappa shape index (κ2) is 4.74. The Morgan fingerprint density at radius 2 is 1.94 bits per heavy atom. The van der Waals surface area contributed by atoms with E-state index in [2.05, 4.69) is 5.32 Å². The first kappa shape index (κ1) is 12.2. The van der Waals surface area contributed by atoms with Gasteiger partial charge in [-0.25, -0.2) is 0 Å². The Balaban J connectivity index is 2.81. The largest absolute Gasteiger partial charge is 0.325 e. The van der Waals surface area contributed by atoms with Gasteiger partial charge in [-0.3, -0.25) is 9.35 Å². The molecular formula is C9H8N2O4S. The number of amides is 1. The fourth-order valence-corrected chi connectivity index (χ4v) is 1.47. The summed E-state index contributed by atoms with van der Waals surface area (Å²) in [6.45, 7) is 0. The van der Waals surface area contributed by atoms with E-state index in [4.69, 9.17) is 9.81 Å². The molecule has 0 aliphatic heterocycles. The molecule has 1 rings (SSSR count). The second-order valence-electron chi connectivity index (χ2n) is 2.88. The van der Waals surface area contributed by atoms with E-state index in [0.29, 0.717) is 5.69 Å². The minimum absolute atomic E-state index is 0.259. The average Bonchev–Trinajstić information content (AvgIpc) is 2.17. The molecule has 0 radical (unpaired) electrons. The summed E-state index contributed by atoms with van der Waals surface area (Å²) in [5.74, 6) is -0.484. The first-order valence-corrected chi connectivity index (χ1v) is 5.62. The molecule has 0 atom stereocenters. The highest BCUT2D eigenvalue weighted by atomic mass is 32.2. The van der Waals surface area contributed by atoms with E-state index in [1.807, 2.05) is 0 Å². The molecule has 0 heterocycles. The molecule has 0 aliphatic rings. The van der Waals surface area contributed by atoms with Gasteiger partial charge in [0.2, 0.25) is 5.91 Å². The van der Waals surface area contributed by atoms with E-state index in [1.165, 1.54) is 12.1 Å². The van der Waals surface area contributed by atoms with Crippen LogP contribution in [0.2, 0.25) is 0 Å². The van der Waals surface area contributed by atoms with Gasteiger partial charge in [0.1, 0.15) is 6.42 Å². The molecule has 16 heavy (non-hydrogen) atoms. The minimum Gasteiger partial charge on any atom is -0.325 e. The van der Waals surface area contributed by atoms with Crippen LogP contribution in [0.25, 0.3) is 0 Å². The van der Waals surface area contributed by atoms with Crippen molar-refractivity contribution in [3.05, 3.63) is 24.3 Å². The summed E-state index contributed by atoms with van der Waals surface area (Å²) in [5.41, 5.74) is 0.354. The number of nitrogens with zero attached hydrogens (tertiary/aromatic N) is 1. The molecule has 0 aromatic heterocycles. The molecule has 0 saturated carbocycles. The lowest BCUT2D eigenvalue weighted by Gasteiger charge is -2.03. The Bertz CT molecular complexity index is 528. The van der Waals surface area contributed by atoms with Crippen LogP contribution in [0, 0.1) is 11.3 Å². The lowest BCUT2D eigenvalue weighted by molar-refractivity contribution is -0.115. The molecule has 1 amide bonds. The Morgan fingerprint density at radius 1 is 1.38 bits per heavy atom. The topological polar surface area (TPSA) is 107 Å². The Morgan fingerprint density at radius 3 is 2.38 bits per heavy atom. The second-order valence-corrected chi connectivity index (χ2v) is 4.30. The molecule has 84 valence electrons. The number of carbonyl (C=O) groups excluding carboxylic acids is 1. The van der Waals surface area contributed by atoms with E-state index in [1.54, 1.807) is 6.07 Å². The van der Waals surface area contributed by atoms with Crippen LogP contribution in [0.15, 0.2) is 29.2 Å². The van der Waals surface area contributed by atoms with Gasteiger partial charge in [0.05, 0.1) is 11.0 Å². The van der Waals surface area contributed by atoms with Crippen molar-refractivity contribution in [3.8, 4) is 6.07 Å². The highest BCUT2D eigenvalue weighted by molar-refractivity contribution is 7.85. The van der Waals surface area contributed by atoms with Gasteiger partial charge < -0.3 is 5.32 Å². The molecule has 0 aliphatic carbocycles. The third-order valence-electron chi connectivity index (χ3n) is 1.68. The maximum absolute atomic E-state index is 11.0. The van der Waals surface area contributed by atoms with E-state index in [-0.39, 0.29) is 11.3 Å². The zero-order chi connectivity index (χ0) is 12.2. The highest BCUT2D eigenvalue weighted by Crippen LogP contribution is 2.13. The number of nitriles is 1. The first-order chi connectivity index (χ1) is 7.43. The maximum atomic E-state index is 11.0. The smallest absolute Gasteiger partial charge is 0.294 e. The zero-order valence-corrected chi connectivity index (χ0v) is 8.86. The minimum atomic E-state index is -4.22. The fraction of sp³-hybridized carbons (Fsp3) is 0.111. The van der Waals surface area contributed by atoms with Crippen molar-refractivity contribution >= 4 is 21.7 Å². The number of nitrogens with one attached hydrogen (secondary N) is 1. The monoisotopic (exact) mass is 240 g/mol. The number of hydrogen-bond acceptors (Lipinski definition) is 4. The van der Waals surface area contributed by atoms with E-state index >= 15 is 0 Å². The van der Waals surface area contributed by atoms with E-state index in [9.17, 15) is 13.2 Å². The third-order valence-corrected chi connectivity index (χ3v) is 2.54. The quantitative estimate of drug-likeness (QED) is 0.759. The average molecular weight is 240 g/mol. The lowest BCUT2D eigenvalue weighted by Crippen LogP contribution is -2.10. The van der Waals surface area contributed by atoms with Gasteiger partial charge in [0, 0.05) is 5.69 Å². The van der Waals surface area contributed by atoms with Gasteiger partial charge in [-0.15, -0.1) is 0 Å². The number of benzene rings is 1. The first-order valence-electron chi connectivity index (χ1n) is 4.18. The summed E-state index contributed by atoms with van der Waals surface area (Å²) < 4.78 is 30.1. The molecule has 1 aromatic carbocycles. The zero-order valence-electron chi connectivity index (χ0n) is 8.04. The van der Waals surface area contributed by atoms with Crippen molar-refractivity contribution in [1.29, 1.82) is 5.26 Å². The summed E-state index contributed by atoms with van der Waals surface area (Å²) in [7, 11) is -4.22. The molecule has 0 bridgehead atoms. The molecule has 6 nitrogen and oxygen atoms in total. The van der Waals surface area contributed by atoms with Crippen LogP contribution in [-0.2, 0) is 14.9 Å². The van der Waals surface area contributed by atoms with Gasteiger partial charge in [-0.1, -0.05) is 0 Å².